The van der Waals surface area contributed by atoms with E-state index >= 15 is 0 Å². The van der Waals surface area contributed by atoms with Crippen LogP contribution in [-0.4, -0.2) is 16.2 Å². The largest absolute Gasteiger partial charge is 0.508 e. The number of carbonyl (C=O) groups is 1. The molecule has 5 nitrogen and oxygen atoms in total. The lowest BCUT2D eigenvalue weighted by atomic mass is 9.88. The second-order valence-electron chi connectivity index (χ2n) is 5.86. The summed E-state index contributed by atoms with van der Waals surface area (Å²) in [6.45, 7) is 5.45. The number of carboxylic acids is 1. The Kier molecular flexibility index (Phi) is 3.85. The highest BCUT2D eigenvalue weighted by Crippen LogP contribution is 2.36. The number of fused-ring (bicyclic) bond motifs is 2. The van der Waals surface area contributed by atoms with Crippen molar-refractivity contribution < 1.29 is 19.4 Å². The molecule has 1 atom stereocenters. The summed E-state index contributed by atoms with van der Waals surface area (Å²) in [7, 11) is 0. The van der Waals surface area contributed by atoms with Gasteiger partial charge in [-0.3, -0.25) is 9.59 Å². The van der Waals surface area contributed by atoms with Gasteiger partial charge in [0, 0.05) is 23.1 Å². The summed E-state index contributed by atoms with van der Waals surface area (Å²) in [5.41, 5.74) is 2.17. The molecular weight excluding hydrogens is 308 g/mol. The molecule has 0 radical (unpaired) electrons. The van der Waals surface area contributed by atoms with E-state index in [2.05, 4.69) is 6.58 Å². The molecule has 0 saturated carbocycles. The number of aromatic hydroxyl groups is 1. The molecule has 0 aromatic heterocycles. The van der Waals surface area contributed by atoms with Crippen LogP contribution in [-0.2, 0) is 11.2 Å². The summed E-state index contributed by atoms with van der Waals surface area (Å²) >= 11 is 0. The van der Waals surface area contributed by atoms with E-state index in [-0.39, 0.29) is 17.6 Å². The molecule has 1 aliphatic carbocycles. The van der Waals surface area contributed by atoms with E-state index in [0.29, 0.717) is 27.9 Å². The smallest absolute Gasteiger partial charge is 0.310 e. The number of phenolic OH excluding ortho intramolecular Hbond substituents is 1. The third-order valence-corrected chi connectivity index (χ3v) is 4.09. The second-order valence-corrected chi connectivity index (χ2v) is 5.86. The monoisotopic (exact) mass is 324 g/mol. The Balaban J connectivity index is 2.32. The zero-order chi connectivity index (χ0) is 17.4. The molecule has 1 aromatic carbocycles. The Morgan fingerprint density at radius 1 is 1.25 bits per heavy atom. The SMILES string of the molecule is C=C(C)C(Cc1c2ccc(=O)cc-2oc2cc(O)ccc12)C(=O)O. The predicted octanol–water partition coefficient (Wildman–Crippen LogP) is 3.42. The van der Waals surface area contributed by atoms with Crippen molar-refractivity contribution in [2.45, 2.75) is 13.3 Å². The van der Waals surface area contributed by atoms with Crippen LogP contribution in [0.1, 0.15) is 12.5 Å². The summed E-state index contributed by atoms with van der Waals surface area (Å²) in [5, 5.41) is 19.8. The van der Waals surface area contributed by atoms with Gasteiger partial charge in [-0.05, 0) is 43.2 Å². The zero-order valence-electron chi connectivity index (χ0n) is 13.1. The van der Waals surface area contributed by atoms with Gasteiger partial charge in [-0.1, -0.05) is 12.2 Å². The lowest BCUT2D eigenvalue weighted by Crippen LogP contribution is -2.18. The number of carboxylic acid groups (broad SMARTS) is 1. The van der Waals surface area contributed by atoms with Gasteiger partial charge in [0.2, 0.25) is 0 Å². The number of benzene rings is 2. The van der Waals surface area contributed by atoms with Crippen LogP contribution in [0.25, 0.3) is 22.3 Å². The van der Waals surface area contributed by atoms with Gasteiger partial charge in [0.15, 0.2) is 5.43 Å². The molecular formula is C19H16O5. The minimum Gasteiger partial charge on any atom is -0.508 e. The maximum absolute atomic E-state index is 11.6. The maximum Gasteiger partial charge on any atom is 0.310 e. The Bertz CT molecular complexity index is 969. The Morgan fingerprint density at radius 2 is 2.00 bits per heavy atom. The normalized spacial score (nSPS) is 12.4. The molecule has 1 unspecified atom stereocenters. The third-order valence-electron chi connectivity index (χ3n) is 4.09. The van der Waals surface area contributed by atoms with Crippen molar-refractivity contribution in [1.29, 1.82) is 0 Å². The summed E-state index contributed by atoms with van der Waals surface area (Å²) in [6.07, 6.45) is 0.219. The van der Waals surface area contributed by atoms with E-state index in [1.54, 1.807) is 19.1 Å². The van der Waals surface area contributed by atoms with Crippen LogP contribution in [0.5, 0.6) is 5.75 Å². The molecule has 0 amide bonds. The van der Waals surface area contributed by atoms with Gasteiger partial charge >= 0.3 is 5.97 Å². The lowest BCUT2D eigenvalue weighted by Gasteiger charge is -2.18. The summed E-state index contributed by atoms with van der Waals surface area (Å²) in [6, 6.07) is 9.08. The molecule has 2 aliphatic rings. The van der Waals surface area contributed by atoms with Crippen LogP contribution in [0, 0.1) is 5.92 Å². The van der Waals surface area contributed by atoms with Crippen molar-refractivity contribution in [3.05, 3.63) is 64.3 Å². The van der Waals surface area contributed by atoms with Gasteiger partial charge < -0.3 is 14.6 Å². The molecule has 0 fully saturated rings. The van der Waals surface area contributed by atoms with Gasteiger partial charge in [0.25, 0.3) is 0 Å². The first-order valence-electron chi connectivity index (χ1n) is 7.43. The fourth-order valence-corrected chi connectivity index (χ4v) is 2.84. The van der Waals surface area contributed by atoms with Crippen LogP contribution in [0.4, 0.5) is 0 Å². The van der Waals surface area contributed by atoms with Crippen LogP contribution >= 0.6 is 0 Å². The first-order chi connectivity index (χ1) is 11.4. The van der Waals surface area contributed by atoms with E-state index in [9.17, 15) is 19.8 Å². The van der Waals surface area contributed by atoms with E-state index in [0.717, 1.165) is 5.56 Å². The molecule has 1 aromatic rings. The molecule has 3 rings (SSSR count). The topological polar surface area (TPSA) is 87.7 Å². The summed E-state index contributed by atoms with van der Waals surface area (Å²) in [5.74, 6) is -1.31. The van der Waals surface area contributed by atoms with Crippen molar-refractivity contribution >= 4 is 16.9 Å². The first-order valence-corrected chi connectivity index (χ1v) is 7.43. The molecule has 0 saturated heterocycles. The maximum atomic E-state index is 11.6. The molecule has 2 N–H and O–H groups in total. The Labute approximate surface area is 137 Å². The standard InChI is InChI=1S/C19H16O5/c1-10(2)15(19(22)23)9-16-13-5-3-11(20)7-17(13)24-18-8-12(21)4-6-14(16)18/h3-8,15,20H,1,9H2,2H3,(H,22,23). The lowest BCUT2D eigenvalue weighted by molar-refractivity contribution is -0.140. The van der Waals surface area contributed by atoms with Crippen LogP contribution in [0.2, 0.25) is 0 Å². The highest BCUT2D eigenvalue weighted by atomic mass is 16.4. The van der Waals surface area contributed by atoms with Crippen LogP contribution < -0.4 is 5.43 Å². The van der Waals surface area contributed by atoms with Crippen LogP contribution in [0.15, 0.2) is 57.8 Å². The zero-order valence-corrected chi connectivity index (χ0v) is 13.1. The number of aliphatic carboxylic acids is 1. The molecule has 0 bridgehead atoms. The molecule has 0 spiro atoms. The fourth-order valence-electron chi connectivity index (χ4n) is 2.84. The molecule has 1 heterocycles. The van der Waals surface area contributed by atoms with E-state index in [1.165, 1.54) is 24.3 Å². The third kappa shape index (κ3) is 2.76. The second kappa shape index (κ2) is 5.85. The number of hydrogen-bond donors (Lipinski definition) is 2. The quantitative estimate of drug-likeness (QED) is 0.567. The average molecular weight is 324 g/mol. The van der Waals surface area contributed by atoms with E-state index < -0.39 is 11.9 Å². The number of rotatable bonds is 4. The van der Waals surface area contributed by atoms with Gasteiger partial charge in [0.1, 0.15) is 17.1 Å². The predicted molar refractivity (Wildman–Crippen MR) is 90.4 cm³/mol. The van der Waals surface area contributed by atoms with Crippen LogP contribution in [0.3, 0.4) is 0 Å². The van der Waals surface area contributed by atoms with Crippen molar-refractivity contribution in [3.63, 3.8) is 0 Å². The van der Waals surface area contributed by atoms with E-state index in [1.807, 2.05) is 0 Å². The van der Waals surface area contributed by atoms with Gasteiger partial charge in [-0.2, -0.15) is 0 Å². The summed E-state index contributed by atoms with van der Waals surface area (Å²) in [4.78, 5) is 23.2. The van der Waals surface area contributed by atoms with Gasteiger partial charge in [-0.25, -0.2) is 0 Å². The highest BCUT2D eigenvalue weighted by Gasteiger charge is 2.24. The molecule has 5 heteroatoms. The fraction of sp³-hybridized carbons (Fsp3) is 0.158. The molecule has 24 heavy (non-hydrogen) atoms. The van der Waals surface area contributed by atoms with Crippen molar-refractivity contribution in [1.82, 2.24) is 0 Å². The van der Waals surface area contributed by atoms with E-state index in [4.69, 9.17) is 4.42 Å². The van der Waals surface area contributed by atoms with Crippen molar-refractivity contribution in [2.75, 3.05) is 0 Å². The molecule has 122 valence electrons. The molecule has 1 aliphatic heterocycles. The first kappa shape index (κ1) is 15.8. The van der Waals surface area contributed by atoms with Crippen molar-refractivity contribution in [3.8, 4) is 17.1 Å². The van der Waals surface area contributed by atoms with Crippen molar-refractivity contribution in [2.24, 2.45) is 5.92 Å². The number of hydrogen-bond acceptors (Lipinski definition) is 4. The average Bonchev–Trinajstić information content (AvgIpc) is 2.50. The Hall–Kier alpha value is -3.08. The minimum absolute atomic E-state index is 0.0320. The number of phenols is 1. The Morgan fingerprint density at radius 3 is 2.67 bits per heavy atom. The minimum atomic E-state index is -0.955. The highest BCUT2D eigenvalue weighted by molar-refractivity contribution is 5.89. The van der Waals surface area contributed by atoms with Gasteiger partial charge in [-0.15, -0.1) is 0 Å². The summed E-state index contributed by atoms with van der Waals surface area (Å²) < 4.78 is 5.72. The van der Waals surface area contributed by atoms with Gasteiger partial charge in [0.05, 0.1) is 5.92 Å².